The third-order valence-corrected chi connectivity index (χ3v) is 5.62. The number of nitrogens with zero attached hydrogens (tertiary/aromatic N) is 2. The molecule has 4 nitrogen and oxygen atoms in total. The molecule has 1 aliphatic carbocycles. The molecule has 0 fully saturated rings. The number of aromatic nitrogens is 2. The van der Waals surface area contributed by atoms with E-state index in [1.807, 2.05) is 36.4 Å². The lowest BCUT2D eigenvalue weighted by Crippen LogP contribution is -2.24. The fourth-order valence-electron chi connectivity index (χ4n) is 3.92. The summed E-state index contributed by atoms with van der Waals surface area (Å²) in [4.78, 5) is 12.9. The minimum Gasteiger partial charge on any atom is -0.493 e. The van der Waals surface area contributed by atoms with Crippen molar-refractivity contribution >= 4 is 26.7 Å². The Morgan fingerprint density at radius 1 is 1.09 bits per heavy atom. The number of benzene rings is 2. The molecule has 2 atom stereocenters. The van der Waals surface area contributed by atoms with Crippen molar-refractivity contribution in [2.45, 2.75) is 18.4 Å². The third kappa shape index (κ3) is 1.58. The van der Waals surface area contributed by atoms with E-state index in [1.165, 1.54) is 4.57 Å². The monoisotopic (exact) mass is 368 g/mol. The molecule has 5 rings (SSSR count). The molecule has 0 amide bonds. The molecule has 5 heteroatoms. The maximum Gasteiger partial charge on any atom is 0.336 e. The van der Waals surface area contributed by atoms with Crippen molar-refractivity contribution in [2.24, 2.45) is 0 Å². The van der Waals surface area contributed by atoms with Crippen LogP contribution in [-0.2, 0) is 0 Å². The fourth-order valence-corrected chi connectivity index (χ4v) is 4.40. The van der Waals surface area contributed by atoms with Crippen LogP contribution in [0.5, 0.6) is 5.88 Å². The van der Waals surface area contributed by atoms with E-state index in [-0.39, 0.29) is 23.5 Å². The molecule has 2 aliphatic rings. The number of hydrogen-bond acceptors (Lipinski definition) is 2. The highest BCUT2D eigenvalue weighted by atomic mass is 79.9. The minimum atomic E-state index is -0.165. The average Bonchev–Trinajstić information content (AvgIpc) is 3.24. The van der Waals surface area contributed by atoms with Crippen molar-refractivity contribution in [1.29, 1.82) is 0 Å². The molecule has 2 heterocycles. The van der Waals surface area contributed by atoms with Gasteiger partial charge >= 0.3 is 5.69 Å². The molecule has 2 aromatic carbocycles. The molecular weight excluding hydrogens is 356 g/mol. The Hall–Kier alpha value is -2.27. The molecule has 23 heavy (non-hydrogen) atoms. The number of aromatic hydroxyl groups is 1. The van der Waals surface area contributed by atoms with Gasteiger partial charge in [0.2, 0.25) is 5.88 Å². The predicted octanol–water partition coefficient (Wildman–Crippen LogP) is 3.86. The van der Waals surface area contributed by atoms with Gasteiger partial charge in [-0.25, -0.2) is 9.36 Å². The Balaban J connectivity index is 1.86. The normalized spacial score (nSPS) is 21.3. The molecule has 2 bridgehead atoms. The second-order valence-electron chi connectivity index (χ2n) is 6.10. The maximum atomic E-state index is 12.9. The summed E-state index contributed by atoms with van der Waals surface area (Å²) >= 11 is 3.55. The lowest BCUT2D eigenvalue weighted by Gasteiger charge is -2.10. The highest BCUT2D eigenvalue weighted by Crippen LogP contribution is 2.46. The molecule has 1 aliphatic heterocycles. The number of halogens is 1. The predicted molar refractivity (Wildman–Crippen MR) is 92.4 cm³/mol. The number of rotatable bonds is 1. The second-order valence-corrected chi connectivity index (χ2v) is 6.96. The van der Waals surface area contributed by atoms with Gasteiger partial charge in [-0.1, -0.05) is 52.3 Å². The van der Waals surface area contributed by atoms with E-state index in [4.69, 9.17) is 0 Å². The Morgan fingerprint density at radius 3 is 2.65 bits per heavy atom. The maximum absolute atomic E-state index is 12.9. The Labute approximate surface area is 140 Å². The zero-order chi connectivity index (χ0) is 15.7. The molecule has 0 radical (unpaired) electrons. The van der Waals surface area contributed by atoms with Gasteiger partial charge in [0.15, 0.2) is 0 Å². The number of fused-ring (bicyclic) bond motifs is 6. The Bertz CT molecular complexity index is 1060. The van der Waals surface area contributed by atoms with Crippen LogP contribution in [0.3, 0.4) is 0 Å². The number of allylic oxidation sites excluding steroid dienone is 2. The van der Waals surface area contributed by atoms with Crippen molar-refractivity contribution in [3.63, 3.8) is 0 Å². The van der Waals surface area contributed by atoms with Gasteiger partial charge in [-0.15, -0.1) is 0 Å². The lowest BCUT2D eigenvalue weighted by molar-refractivity contribution is 0.433. The van der Waals surface area contributed by atoms with Crippen LogP contribution in [0.4, 0.5) is 0 Å². The standard InChI is InChI=1S/C18H13BrN2O2/c19-14-7-8-15(13-4-2-1-3-12(13)14)21-17(22)16-10-5-6-11(9-10)20(16)18(21)23/h1-8,10-11,22H,9H2/t10-,11+/m1/s1. The van der Waals surface area contributed by atoms with Gasteiger partial charge in [0, 0.05) is 15.8 Å². The molecule has 0 saturated heterocycles. The minimum absolute atomic E-state index is 0.0688. The highest BCUT2D eigenvalue weighted by molar-refractivity contribution is 9.10. The van der Waals surface area contributed by atoms with E-state index in [1.54, 1.807) is 4.57 Å². The SMILES string of the molecule is O=c1n(-c2ccc(Br)c3ccccc23)c(O)c2n1[C@H]1C=C[C@@H]2C1. The summed E-state index contributed by atoms with van der Waals surface area (Å²) in [5, 5.41) is 12.7. The first kappa shape index (κ1) is 13.2. The van der Waals surface area contributed by atoms with Gasteiger partial charge in [0.25, 0.3) is 0 Å². The van der Waals surface area contributed by atoms with Crippen LogP contribution >= 0.6 is 15.9 Å². The summed E-state index contributed by atoms with van der Waals surface area (Å²) in [7, 11) is 0. The van der Waals surface area contributed by atoms with Crippen molar-refractivity contribution < 1.29 is 5.11 Å². The topological polar surface area (TPSA) is 47.2 Å². The zero-order valence-corrected chi connectivity index (χ0v) is 13.7. The quantitative estimate of drug-likeness (QED) is 0.663. The third-order valence-electron chi connectivity index (χ3n) is 4.93. The summed E-state index contributed by atoms with van der Waals surface area (Å²) in [6, 6.07) is 11.7. The number of hydrogen-bond donors (Lipinski definition) is 1. The number of imidazole rings is 1. The van der Waals surface area contributed by atoms with Crippen molar-refractivity contribution in [3.8, 4) is 11.6 Å². The molecule has 0 saturated carbocycles. The molecule has 1 N–H and O–H groups in total. The Kier molecular flexibility index (Phi) is 2.52. The highest BCUT2D eigenvalue weighted by Gasteiger charge is 2.39. The van der Waals surface area contributed by atoms with Gasteiger partial charge in [0.1, 0.15) is 0 Å². The van der Waals surface area contributed by atoms with E-state index < -0.39 is 0 Å². The second kappa shape index (κ2) is 4.38. The molecule has 0 unspecified atom stereocenters. The molecule has 3 aromatic rings. The first-order valence-electron chi connectivity index (χ1n) is 7.59. The largest absolute Gasteiger partial charge is 0.493 e. The van der Waals surface area contributed by atoms with Crippen LogP contribution in [0.1, 0.15) is 24.1 Å². The molecule has 114 valence electrons. The van der Waals surface area contributed by atoms with Crippen molar-refractivity contribution in [2.75, 3.05) is 0 Å². The van der Waals surface area contributed by atoms with Crippen LogP contribution in [0.2, 0.25) is 0 Å². The summed E-state index contributed by atoms with van der Waals surface area (Å²) in [6.45, 7) is 0. The molecular formula is C18H13BrN2O2. The van der Waals surface area contributed by atoms with E-state index in [9.17, 15) is 9.90 Å². The van der Waals surface area contributed by atoms with Crippen LogP contribution < -0.4 is 5.69 Å². The summed E-state index contributed by atoms with van der Waals surface area (Å²) < 4.78 is 4.14. The van der Waals surface area contributed by atoms with Crippen molar-refractivity contribution in [1.82, 2.24) is 9.13 Å². The van der Waals surface area contributed by atoms with Gasteiger partial charge in [-0.05, 0) is 23.9 Å². The molecule has 0 spiro atoms. The van der Waals surface area contributed by atoms with Gasteiger partial charge in [-0.3, -0.25) is 4.57 Å². The van der Waals surface area contributed by atoms with Crippen LogP contribution in [-0.4, -0.2) is 14.2 Å². The fraction of sp³-hybridized carbons (Fsp3) is 0.167. The molecule has 1 aromatic heterocycles. The van der Waals surface area contributed by atoms with E-state index in [0.717, 1.165) is 27.4 Å². The van der Waals surface area contributed by atoms with E-state index in [2.05, 4.69) is 28.1 Å². The summed E-state index contributed by atoms with van der Waals surface area (Å²) in [5.41, 5.74) is 1.30. The lowest BCUT2D eigenvalue weighted by atomic mass is 10.1. The Morgan fingerprint density at radius 2 is 1.87 bits per heavy atom. The van der Waals surface area contributed by atoms with Gasteiger partial charge in [0.05, 0.1) is 17.4 Å². The van der Waals surface area contributed by atoms with Crippen LogP contribution in [0.15, 0.2) is 57.8 Å². The zero-order valence-electron chi connectivity index (χ0n) is 12.1. The van der Waals surface area contributed by atoms with E-state index >= 15 is 0 Å². The average molecular weight is 369 g/mol. The summed E-state index contributed by atoms with van der Waals surface area (Å²) in [5.74, 6) is 0.218. The van der Waals surface area contributed by atoms with Gasteiger partial charge in [-0.2, -0.15) is 0 Å². The van der Waals surface area contributed by atoms with Crippen LogP contribution in [0.25, 0.3) is 16.5 Å². The first-order chi connectivity index (χ1) is 11.2. The van der Waals surface area contributed by atoms with Crippen molar-refractivity contribution in [3.05, 3.63) is 69.2 Å². The van der Waals surface area contributed by atoms with Crippen LogP contribution in [0, 0.1) is 0 Å². The van der Waals surface area contributed by atoms with E-state index in [0.29, 0.717) is 5.69 Å². The van der Waals surface area contributed by atoms with Gasteiger partial charge < -0.3 is 5.11 Å². The first-order valence-corrected chi connectivity index (χ1v) is 8.38. The smallest absolute Gasteiger partial charge is 0.336 e. The summed E-state index contributed by atoms with van der Waals surface area (Å²) in [6.07, 6.45) is 5.03.